The quantitative estimate of drug-likeness (QED) is 0.276. The van der Waals surface area contributed by atoms with Crippen LogP contribution in [0.3, 0.4) is 0 Å². The lowest BCUT2D eigenvalue weighted by Crippen LogP contribution is -2.09. The molecule has 0 fully saturated rings. The number of aryl methyl sites for hydroxylation is 1. The summed E-state index contributed by atoms with van der Waals surface area (Å²) in [6.07, 6.45) is 6.55. The summed E-state index contributed by atoms with van der Waals surface area (Å²) in [4.78, 5) is 7.08. The van der Waals surface area contributed by atoms with Crippen LogP contribution in [0.5, 0.6) is 0 Å². The molecule has 4 nitrogen and oxygen atoms in total. The molecule has 29 heavy (non-hydrogen) atoms. The summed E-state index contributed by atoms with van der Waals surface area (Å²) in [7, 11) is 2.04. The van der Waals surface area contributed by atoms with E-state index in [0.717, 1.165) is 27.5 Å². The number of fused-ring (bicyclic) bond motifs is 2. The first-order valence-corrected chi connectivity index (χ1v) is 12.1. The van der Waals surface area contributed by atoms with Gasteiger partial charge in [0.2, 0.25) is 4.80 Å². The second-order valence-corrected chi connectivity index (χ2v) is 10.3. The van der Waals surface area contributed by atoms with Crippen molar-refractivity contribution >= 4 is 61.1 Å². The van der Waals surface area contributed by atoms with Crippen LogP contribution in [0.2, 0.25) is 0 Å². The lowest BCUT2D eigenvalue weighted by atomic mass is 10.0. The zero-order valence-electron chi connectivity index (χ0n) is 16.0. The van der Waals surface area contributed by atoms with Crippen LogP contribution in [0, 0.1) is 0 Å². The second kappa shape index (κ2) is 8.26. The van der Waals surface area contributed by atoms with E-state index in [4.69, 9.17) is 4.98 Å². The molecule has 0 amide bonds. The van der Waals surface area contributed by atoms with Crippen LogP contribution in [0.1, 0.15) is 25.7 Å². The highest BCUT2D eigenvalue weighted by Crippen LogP contribution is 2.39. The van der Waals surface area contributed by atoms with Gasteiger partial charge < -0.3 is 4.57 Å². The van der Waals surface area contributed by atoms with E-state index in [9.17, 15) is 0 Å². The predicted molar refractivity (Wildman–Crippen MR) is 126 cm³/mol. The van der Waals surface area contributed by atoms with Crippen LogP contribution in [-0.2, 0) is 7.05 Å². The molecule has 1 aliphatic rings. The Labute approximate surface area is 181 Å². The highest BCUT2D eigenvalue weighted by Gasteiger charge is 2.15. The molecule has 0 radical (unpaired) electrons. The number of para-hydroxylation sites is 2. The van der Waals surface area contributed by atoms with E-state index in [2.05, 4.69) is 57.2 Å². The fraction of sp³-hybridized carbons (Fsp3) is 0.227. The van der Waals surface area contributed by atoms with E-state index < -0.39 is 0 Å². The zero-order valence-corrected chi connectivity index (χ0v) is 18.5. The Morgan fingerprint density at radius 2 is 1.79 bits per heavy atom. The van der Waals surface area contributed by atoms with Crippen molar-refractivity contribution in [2.45, 2.75) is 30.0 Å². The van der Waals surface area contributed by atoms with Crippen molar-refractivity contribution in [3.05, 3.63) is 63.8 Å². The maximum Gasteiger partial charge on any atom is 0.211 e. The van der Waals surface area contributed by atoms with Gasteiger partial charge >= 0.3 is 0 Å². The summed E-state index contributed by atoms with van der Waals surface area (Å²) in [6, 6.07) is 16.7. The normalized spacial score (nSPS) is 16.0. The molecule has 0 spiro atoms. The molecule has 0 unspecified atom stereocenters. The molecular weight excluding hydrogens is 416 g/mol. The second-order valence-electron chi connectivity index (χ2n) is 6.96. The SMILES string of the molecule is Cn1/c(=N\N=C/C2=C(Sc3nc4ccccc4s3)CCCC2)sc2ccccc21. The van der Waals surface area contributed by atoms with Crippen LogP contribution < -0.4 is 4.80 Å². The molecule has 0 atom stereocenters. The minimum atomic E-state index is 0.916. The number of rotatable bonds is 4. The Morgan fingerprint density at radius 1 is 1.00 bits per heavy atom. The first kappa shape index (κ1) is 18.8. The molecule has 4 aromatic rings. The van der Waals surface area contributed by atoms with Gasteiger partial charge in [0, 0.05) is 7.05 Å². The minimum Gasteiger partial charge on any atom is -0.318 e. The van der Waals surface area contributed by atoms with E-state index in [1.54, 1.807) is 34.4 Å². The summed E-state index contributed by atoms with van der Waals surface area (Å²) >= 11 is 5.24. The number of aromatic nitrogens is 2. The fourth-order valence-electron chi connectivity index (χ4n) is 3.48. The summed E-state index contributed by atoms with van der Waals surface area (Å²) in [5, 5.41) is 8.97. The highest BCUT2D eigenvalue weighted by molar-refractivity contribution is 8.04. The predicted octanol–water partition coefficient (Wildman–Crippen LogP) is 6.36. The molecule has 0 saturated heterocycles. The molecule has 0 aliphatic heterocycles. The van der Waals surface area contributed by atoms with E-state index in [1.807, 2.05) is 19.3 Å². The van der Waals surface area contributed by atoms with Crippen LogP contribution >= 0.6 is 34.4 Å². The maximum atomic E-state index is 4.78. The molecule has 5 rings (SSSR count). The van der Waals surface area contributed by atoms with Crippen molar-refractivity contribution in [1.82, 2.24) is 9.55 Å². The zero-order chi connectivity index (χ0) is 19.6. The molecule has 0 bridgehead atoms. The number of nitrogens with zero attached hydrogens (tertiary/aromatic N) is 4. The van der Waals surface area contributed by atoms with Crippen LogP contribution in [0.25, 0.3) is 20.4 Å². The largest absolute Gasteiger partial charge is 0.318 e. The maximum absolute atomic E-state index is 4.78. The number of benzene rings is 2. The average molecular weight is 437 g/mol. The topological polar surface area (TPSA) is 42.5 Å². The Kier molecular flexibility index (Phi) is 5.35. The summed E-state index contributed by atoms with van der Waals surface area (Å²) in [5.41, 5.74) is 3.57. The van der Waals surface area contributed by atoms with Gasteiger partial charge in [-0.15, -0.1) is 16.4 Å². The van der Waals surface area contributed by atoms with Gasteiger partial charge in [-0.1, -0.05) is 47.4 Å². The van der Waals surface area contributed by atoms with Crippen molar-refractivity contribution in [1.29, 1.82) is 0 Å². The van der Waals surface area contributed by atoms with Crippen molar-refractivity contribution in [2.24, 2.45) is 17.3 Å². The Balaban J connectivity index is 1.43. The van der Waals surface area contributed by atoms with Gasteiger partial charge in [0.1, 0.15) is 0 Å². The minimum absolute atomic E-state index is 0.916. The lowest BCUT2D eigenvalue weighted by molar-refractivity contribution is 0.711. The van der Waals surface area contributed by atoms with Gasteiger partial charge in [0.15, 0.2) is 4.34 Å². The van der Waals surface area contributed by atoms with Crippen molar-refractivity contribution in [3.8, 4) is 0 Å². The van der Waals surface area contributed by atoms with E-state index in [0.29, 0.717) is 0 Å². The third-order valence-corrected chi connectivity index (χ3v) is 8.43. The number of thiazole rings is 2. The molecule has 2 heterocycles. The number of hydrogen-bond donors (Lipinski definition) is 0. The summed E-state index contributed by atoms with van der Waals surface area (Å²) in [5.74, 6) is 0. The first-order chi connectivity index (χ1) is 14.3. The van der Waals surface area contributed by atoms with Crippen LogP contribution in [-0.4, -0.2) is 15.8 Å². The smallest absolute Gasteiger partial charge is 0.211 e. The molecule has 0 saturated carbocycles. The number of thioether (sulfide) groups is 1. The first-order valence-electron chi connectivity index (χ1n) is 9.65. The Morgan fingerprint density at radius 3 is 2.66 bits per heavy atom. The number of allylic oxidation sites excluding steroid dienone is 2. The summed E-state index contributed by atoms with van der Waals surface area (Å²) < 4.78 is 5.69. The van der Waals surface area contributed by atoms with E-state index in [1.165, 1.54) is 38.2 Å². The van der Waals surface area contributed by atoms with Gasteiger partial charge in [0.25, 0.3) is 0 Å². The van der Waals surface area contributed by atoms with E-state index in [-0.39, 0.29) is 0 Å². The number of hydrogen-bond acceptors (Lipinski definition) is 6. The Bertz CT molecular complexity index is 1270. The van der Waals surface area contributed by atoms with E-state index >= 15 is 0 Å². The van der Waals surface area contributed by atoms with Gasteiger partial charge in [-0.3, -0.25) is 0 Å². The fourth-order valence-corrected chi connectivity index (χ4v) is 6.78. The van der Waals surface area contributed by atoms with Gasteiger partial charge in [-0.2, -0.15) is 5.10 Å². The van der Waals surface area contributed by atoms with Crippen molar-refractivity contribution < 1.29 is 0 Å². The average Bonchev–Trinajstić information content (AvgIpc) is 3.30. The molecule has 1 aliphatic carbocycles. The van der Waals surface area contributed by atoms with Crippen molar-refractivity contribution in [2.75, 3.05) is 0 Å². The standard InChI is InChI=1S/C22H20N4S3/c1-26-17-10-4-7-13-20(17)27-21(26)25-23-14-15-8-2-5-11-18(15)28-22-24-16-9-3-6-12-19(16)29-22/h3-4,6-7,9-10,12-14H,2,5,8,11H2,1H3/b23-14-,25-21+. The van der Waals surface area contributed by atoms with Gasteiger partial charge in [0.05, 0.1) is 26.6 Å². The van der Waals surface area contributed by atoms with Gasteiger partial charge in [-0.05, 0) is 60.4 Å². The molecule has 0 N–H and O–H groups in total. The Hall–Kier alpha value is -2.22. The third kappa shape index (κ3) is 3.95. The van der Waals surface area contributed by atoms with Crippen LogP contribution in [0.15, 0.2) is 73.6 Å². The molecular formula is C22H20N4S3. The molecule has 7 heteroatoms. The summed E-state index contributed by atoms with van der Waals surface area (Å²) in [6.45, 7) is 0. The van der Waals surface area contributed by atoms with Gasteiger partial charge in [-0.25, -0.2) is 4.98 Å². The van der Waals surface area contributed by atoms with Crippen LogP contribution in [0.4, 0.5) is 0 Å². The molecule has 146 valence electrons. The molecule has 2 aromatic heterocycles. The van der Waals surface area contributed by atoms with Crippen molar-refractivity contribution in [3.63, 3.8) is 0 Å². The molecule has 2 aromatic carbocycles. The third-order valence-electron chi connectivity index (χ3n) is 5.01. The lowest BCUT2D eigenvalue weighted by Gasteiger charge is -2.15. The monoisotopic (exact) mass is 436 g/mol. The highest BCUT2D eigenvalue weighted by atomic mass is 32.2.